The average molecular weight is 407 g/mol. The number of halogens is 1. The predicted molar refractivity (Wildman–Crippen MR) is 110 cm³/mol. The lowest BCUT2D eigenvalue weighted by Crippen LogP contribution is -2.08. The summed E-state index contributed by atoms with van der Waals surface area (Å²) in [5.74, 6) is -0.927. The van der Waals surface area contributed by atoms with Gasteiger partial charge in [0.15, 0.2) is 22.9 Å². The van der Waals surface area contributed by atoms with E-state index in [0.29, 0.717) is 17.0 Å². The first kappa shape index (κ1) is 19.4. The molecule has 3 heterocycles. The molecule has 0 saturated heterocycles. The molecule has 2 N–H and O–H groups in total. The summed E-state index contributed by atoms with van der Waals surface area (Å²) in [6, 6.07) is 9.84. The van der Waals surface area contributed by atoms with Gasteiger partial charge in [0, 0.05) is 35.7 Å². The number of hydrogen-bond acceptors (Lipinski definition) is 7. The number of aliphatic imine (C=N–C) groups is 1. The van der Waals surface area contributed by atoms with Crippen LogP contribution in [-0.2, 0) is 11.3 Å². The van der Waals surface area contributed by atoms with E-state index in [2.05, 4.69) is 15.3 Å². The molecule has 2 aromatic heterocycles. The number of carbonyl (C=O) groups is 1. The number of hydrogen-bond donors (Lipinski definition) is 2. The molecule has 0 bridgehead atoms. The summed E-state index contributed by atoms with van der Waals surface area (Å²) in [6.45, 7) is 1.83. The van der Waals surface area contributed by atoms with Crippen LogP contribution in [0.4, 0.5) is 16.1 Å². The zero-order valence-electron chi connectivity index (χ0n) is 16.1. The van der Waals surface area contributed by atoms with Crippen molar-refractivity contribution in [3.63, 3.8) is 0 Å². The number of esters is 1. The van der Waals surface area contributed by atoms with Gasteiger partial charge in [-0.25, -0.2) is 19.2 Å². The highest BCUT2D eigenvalue weighted by molar-refractivity contribution is 6.21. The third-order valence-corrected chi connectivity index (χ3v) is 4.50. The molecule has 0 atom stereocenters. The zero-order valence-corrected chi connectivity index (χ0v) is 16.1. The Hall–Kier alpha value is -3.94. The van der Waals surface area contributed by atoms with Crippen LogP contribution in [0.25, 0.3) is 11.6 Å². The van der Waals surface area contributed by atoms with E-state index in [-0.39, 0.29) is 36.1 Å². The number of allylic oxidation sites excluding steroid dienone is 1. The highest BCUT2D eigenvalue weighted by Crippen LogP contribution is 2.38. The number of pyridine rings is 1. The van der Waals surface area contributed by atoms with Crippen molar-refractivity contribution in [3.05, 3.63) is 70.9 Å². The number of nitrogens with one attached hydrogen (secondary N) is 1. The minimum atomic E-state index is -0.749. The molecule has 0 amide bonds. The standard InChI is InChI=1S/C22H18FN3O4/c1-2-29-22(28)18-19(27)17(10-14-12-25-20-15(14)7-5-9-24-20)30-21(18)26-11-13-6-3-4-8-16(13)23/h3-10,12,26-27H,2,11H2,1H3. The third kappa shape index (κ3) is 3.67. The number of aromatic hydroxyl groups is 1. The van der Waals surface area contributed by atoms with Gasteiger partial charge in [-0.3, -0.25) is 0 Å². The van der Waals surface area contributed by atoms with Crippen LogP contribution in [0.15, 0.2) is 52.0 Å². The molecule has 0 saturated carbocycles. The van der Waals surface area contributed by atoms with Crippen molar-refractivity contribution < 1.29 is 23.4 Å². The molecular weight excluding hydrogens is 389 g/mol. The molecule has 7 nitrogen and oxygen atoms in total. The Morgan fingerprint density at radius 3 is 2.93 bits per heavy atom. The molecule has 8 heteroatoms. The minimum Gasteiger partial charge on any atom is -0.504 e. The molecular formula is C22H18FN3O4. The predicted octanol–water partition coefficient (Wildman–Crippen LogP) is 4.56. The molecule has 0 aliphatic carbocycles. The fraction of sp³-hybridized carbons (Fsp3) is 0.136. The van der Waals surface area contributed by atoms with Crippen molar-refractivity contribution in [2.75, 3.05) is 11.9 Å². The lowest BCUT2D eigenvalue weighted by Gasteiger charge is -2.07. The second-order valence-corrected chi connectivity index (χ2v) is 6.42. The highest BCUT2D eigenvalue weighted by Gasteiger charge is 2.27. The molecule has 1 aliphatic rings. The molecule has 0 radical (unpaired) electrons. The van der Waals surface area contributed by atoms with Crippen molar-refractivity contribution in [1.82, 2.24) is 4.98 Å². The Morgan fingerprint density at radius 2 is 2.13 bits per heavy atom. The number of anilines is 1. The van der Waals surface area contributed by atoms with Crippen LogP contribution < -0.4 is 5.32 Å². The number of furan rings is 1. The third-order valence-electron chi connectivity index (χ3n) is 4.50. The van der Waals surface area contributed by atoms with Crippen molar-refractivity contribution >= 4 is 35.5 Å². The van der Waals surface area contributed by atoms with E-state index >= 15 is 0 Å². The molecule has 152 valence electrons. The Bertz CT molecular complexity index is 1170. The van der Waals surface area contributed by atoms with E-state index in [1.54, 1.807) is 49.7 Å². The second-order valence-electron chi connectivity index (χ2n) is 6.42. The molecule has 1 aliphatic heterocycles. The number of aromatic nitrogens is 1. The van der Waals surface area contributed by atoms with Crippen molar-refractivity contribution in [2.45, 2.75) is 13.5 Å². The van der Waals surface area contributed by atoms with Crippen LogP contribution in [0.2, 0.25) is 0 Å². The Labute approximate surface area is 171 Å². The van der Waals surface area contributed by atoms with Gasteiger partial charge < -0.3 is 19.6 Å². The number of carbonyl (C=O) groups excluding carboxylic acids is 1. The average Bonchev–Trinajstić information content (AvgIpc) is 3.29. The first-order chi connectivity index (χ1) is 14.6. The smallest absolute Gasteiger partial charge is 0.347 e. The lowest BCUT2D eigenvalue weighted by atomic mass is 10.1. The maximum absolute atomic E-state index is 13.9. The highest BCUT2D eigenvalue weighted by atomic mass is 19.1. The molecule has 1 aromatic carbocycles. The summed E-state index contributed by atoms with van der Waals surface area (Å²) < 4.78 is 24.7. The van der Waals surface area contributed by atoms with E-state index in [0.717, 1.165) is 5.56 Å². The van der Waals surface area contributed by atoms with Crippen LogP contribution in [-0.4, -0.2) is 28.9 Å². The number of benzene rings is 1. The van der Waals surface area contributed by atoms with Gasteiger partial charge in [-0.1, -0.05) is 18.2 Å². The van der Waals surface area contributed by atoms with Crippen LogP contribution in [0.5, 0.6) is 5.75 Å². The molecule has 4 rings (SSSR count). The summed E-state index contributed by atoms with van der Waals surface area (Å²) in [5, 5.41) is 13.5. The van der Waals surface area contributed by atoms with Crippen LogP contribution in [0, 0.1) is 5.82 Å². The summed E-state index contributed by atoms with van der Waals surface area (Å²) in [6.07, 6.45) is 4.78. The summed E-state index contributed by atoms with van der Waals surface area (Å²) in [4.78, 5) is 20.8. The van der Waals surface area contributed by atoms with E-state index in [4.69, 9.17) is 9.15 Å². The van der Waals surface area contributed by atoms with Gasteiger partial charge in [0.2, 0.25) is 5.88 Å². The Morgan fingerprint density at radius 1 is 1.30 bits per heavy atom. The number of rotatable bonds is 6. The number of nitrogens with zero attached hydrogens (tertiary/aromatic N) is 2. The van der Waals surface area contributed by atoms with Gasteiger partial charge in [0.25, 0.3) is 0 Å². The van der Waals surface area contributed by atoms with Gasteiger partial charge in [0.05, 0.1) is 6.61 Å². The molecule has 0 fully saturated rings. The topological polar surface area (TPSA) is 97.0 Å². The van der Waals surface area contributed by atoms with E-state index in [9.17, 15) is 14.3 Å². The quantitative estimate of drug-likeness (QED) is 0.581. The SMILES string of the molecule is CCOC(=O)c1c(NCc2ccccc2F)oc(C=C2C=Nc3ncccc32)c1O. The maximum atomic E-state index is 13.9. The zero-order chi connectivity index (χ0) is 21.1. The fourth-order valence-corrected chi connectivity index (χ4v) is 3.05. The normalized spacial score (nSPS) is 13.5. The second kappa shape index (κ2) is 8.20. The van der Waals surface area contributed by atoms with Gasteiger partial charge in [-0.15, -0.1) is 0 Å². The first-order valence-electron chi connectivity index (χ1n) is 9.29. The fourth-order valence-electron chi connectivity index (χ4n) is 3.05. The van der Waals surface area contributed by atoms with Crippen molar-refractivity contribution in [2.24, 2.45) is 4.99 Å². The molecule has 0 spiro atoms. The monoisotopic (exact) mass is 407 g/mol. The molecule has 30 heavy (non-hydrogen) atoms. The Balaban J connectivity index is 1.70. The maximum Gasteiger partial charge on any atom is 0.347 e. The van der Waals surface area contributed by atoms with Crippen molar-refractivity contribution in [1.29, 1.82) is 0 Å². The summed E-state index contributed by atoms with van der Waals surface area (Å²) >= 11 is 0. The van der Waals surface area contributed by atoms with E-state index in [1.807, 2.05) is 6.07 Å². The largest absolute Gasteiger partial charge is 0.504 e. The summed E-state index contributed by atoms with van der Waals surface area (Å²) in [7, 11) is 0. The van der Waals surface area contributed by atoms with Gasteiger partial charge in [0.1, 0.15) is 5.82 Å². The number of fused-ring (bicyclic) bond motifs is 1. The van der Waals surface area contributed by atoms with Crippen LogP contribution >= 0.6 is 0 Å². The Kier molecular flexibility index (Phi) is 5.30. The number of ether oxygens (including phenoxy) is 1. The van der Waals surface area contributed by atoms with Gasteiger partial charge >= 0.3 is 5.97 Å². The van der Waals surface area contributed by atoms with Crippen LogP contribution in [0.1, 0.15) is 34.2 Å². The van der Waals surface area contributed by atoms with Gasteiger partial charge in [-0.2, -0.15) is 0 Å². The molecule has 0 unspecified atom stereocenters. The van der Waals surface area contributed by atoms with Crippen LogP contribution in [0.3, 0.4) is 0 Å². The minimum absolute atomic E-state index is 0.0117. The molecule has 3 aromatic rings. The van der Waals surface area contributed by atoms with Crippen molar-refractivity contribution in [3.8, 4) is 5.75 Å². The van der Waals surface area contributed by atoms with E-state index in [1.165, 1.54) is 6.07 Å². The lowest BCUT2D eigenvalue weighted by molar-refractivity contribution is 0.0524. The van der Waals surface area contributed by atoms with E-state index < -0.39 is 11.8 Å². The summed E-state index contributed by atoms with van der Waals surface area (Å²) in [5.41, 5.74) is 1.66. The van der Waals surface area contributed by atoms with Gasteiger partial charge in [-0.05, 0) is 31.2 Å². The first-order valence-corrected chi connectivity index (χ1v) is 9.29.